The first-order valence-corrected chi connectivity index (χ1v) is 7.77. The smallest absolute Gasteiger partial charge is 0.0394 e. The van der Waals surface area contributed by atoms with Crippen LogP contribution in [-0.4, -0.2) is 26.2 Å². The van der Waals surface area contributed by atoms with Gasteiger partial charge in [-0.3, -0.25) is 0 Å². The minimum absolute atomic E-state index is 0.266. The highest BCUT2D eigenvalue weighted by Crippen LogP contribution is 2.24. The number of anilines is 1. The molecule has 1 aromatic rings. The van der Waals surface area contributed by atoms with Crippen molar-refractivity contribution in [2.75, 3.05) is 25.0 Å². The minimum Gasteiger partial charge on any atom is -0.373 e. The molecule has 0 aliphatic heterocycles. The van der Waals surface area contributed by atoms with Crippen LogP contribution in [0.3, 0.4) is 0 Å². The van der Waals surface area contributed by atoms with Crippen molar-refractivity contribution in [3.8, 4) is 0 Å². The second kappa shape index (κ2) is 7.12. The Morgan fingerprint density at radius 2 is 1.85 bits per heavy atom. The number of hydrogen-bond acceptors (Lipinski definition) is 2. The lowest BCUT2D eigenvalue weighted by atomic mass is 9.86. The summed E-state index contributed by atoms with van der Waals surface area (Å²) in [6.07, 6.45) is 1.18. The van der Waals surface area contributed by atoms with Gasteiger partial charge in [-0.05, 0) is 43.9 Å². The molecule has 0 fully saturated rings. The average Bonchev–Trinajstić information content (AvgIpc) is 2.32. The van der Waals surface area contributed by atoms with E-state index in [0.717, 1.165) is 13.1 Å². The van der Waals surface area contributed by atoms with E-state index in [4.69, 9.17) is 0 Å². The summed E-state index contributed by atoms with van der Waals surface area (Å²) in [6, 6.07) is 7.19. The molecule has 20 heavy (non-hydrogen) atoms. The number of benzene rings is 1. The maximum atomic E-state index is 3.70. The van der Waals surface area contributed by atoms with Crippen LogP contribution in [0.2, 0.25) is 0 Å². The predicted octanol–water partition coefficient (Wildman–Crippen LogP) is 4.15. The molecule has 0 aromatic heterocycles. The predicted molar refractivity (Wildman–Crippen MR) is 90.7 cm³/mol. The van der Waals surface area contributed by atoms with E-state index in [1.54, 1.807) is 0 Å². The fourth-order valence-corrected chi connectivity index (χ4v) is 2.57. The molecule has 1 atom stereocenters. The summed E-state index contributed by atoms with van der Waals surface area (Å²) < 4.78 is 0. The van der Waals surface area contributed by atoms with E-state index in [9.17, 15) is 0 Å². The van der Waals surface area contributed by atoms with Crippen LogP contribution in [0.5, 0.6) is 0 Å². The third-order valence-corrected chi connectivity index (χ3v) is 3.91. The number of nitrogens with one attached hydrogen (secondary N) is 1. The number of hydrogen-bond donors (Lipinski definition) is 1. The SMILES string of the molecule is CCCNC(CN(C)c1ccc(C)cc1C)C(C)(C)C. The van der Waals surface area contributed by atoms with Crippen molar-refractivity contribution >= 4 is 5.69 Å². The van der Waals surface area contributed by atoms with E-state index in [0.29, 0.717) is 6.04 Å². The maximum Gasteiger partial charge on any atom is 0.0394 e. The Labute approximate surface area is 125 Å². The second-order valence-electron chi connectivity index (χ2n) is 7.04. The molecule has 1 N–H and O–H groups in total. The molecule has 114 valence electrons. The van der Waals surface area contributed by atoms with E-state index in [1.165, 1.54) is 23.2 Å². The minimum atomic E-state index is 0.266. The molecule has 0 aliphatic rings. The monoisotopic (exact) mass is 276 g/mol. The Kier molecular flexibility index (Phi) is 6.07. The van der Waals surface area contributed by atoms with Crippen molar-refractivity contribution in [1.82, 2.24) is 5.32 Å². The van der Waals surface area contributed by atoms with Crippen LogP contribution in [0.15, 0.2) is 18.2 Å². The highest BCUT2D eigenvalue weighted by Gasteiger charge is 2.25. The molecular formula is C18H32N2. The summed E-state index contributed by atoms with van der Waals surface area (Å²) >= 11 is 0. The Hall–Kier alpha value is -1.02. The van der Waals surface area contributed by atoms with Crippen molar-refractivity contribution in [2.45, 2.75) is 54.0 Å². The van der Waals surface area contributed by atoms with Crippen molar-refractivity contribution < 1.29 is 0 Å². The summed E-state index contributed by atoms with van der Waals surface area (Å²) in [5, 5.41) is 3.70. The van der Waals surface area contributed by atoms with Gasteiger partial charge in [0, 0.05) is 25.3 Å². The first-order chi connectivity index (χ1) is 9.25. The third kappa shape index (κ3) is 4.82. The molecular weight excluding hydrogens is 244 g/mol. The van der Waals surface area contributed by atoms with Crippen molar-refractivity contribution in [3.63, 3.8) is 0 Å². The lowest BCUT2D eigenvalue weighted by molar-refractivity contribution is 0.272. The molecule has 2 nitrogen and oxygen atoms in total. The third-order valence-electron chi connectivity index (χ3n) is 3.91. The van der Waals surface area contributed by atoms with Gasteiger partial charge in [0.1, 0.15) is 0 Å². The number of rotatable bonds is 6. The van der Waals surface area contributed by atoms with Crippen LogP contribution in [0.4, 0.5) is 5.69 Å². The molecule has 0 saturated carbocycles. The van der Waals surface area contributed by atoms with Gasteiger partial charge in [0.05, 0.1) is 0 Å². The van der Waals surface area contributed by atoms with E-state index >= 15 is 0 Å². The highest BCUT2D eigenvalue weighted by molar-refractivity contribution is 5.53. The van der Waals surface area contributed by atoms with Crippen LogP contribution in [0, 0.1) is 19.3 Å². The first kappa shape index (κ1) is 17.0. The zero-order valence-corrected chi connectivity index (χ0v) is 14.4. The van der Waals surface area contributed by atoms with Crippen molar-refractivity contribution in [2.24, 2.45) is 5.41 Å². The Morgan fingerprint density at radius 1 is 1.20 bits per heavy atom. The lowest BCUT2D eigenvalue weighted by Crippen LogP contribution is -2.48. The van der Waals surface area contributed by atoms with Gasteiger partial charge in [-0.2, -0.15) is 0 Å². The number of aryl methyl sites for hydroxylation is 2. The van der Waals surface area contributed by atoms with Gasteiger partial charge in [0.25, 0.3) is 0 Å². The van der Waals surface area contributed by atoms with Gasteiger partial charge in [-0.25, -0.2) is 0 Å². The Balaban J connectivity index is 2.81. The molecule has 0 spiro atoms. The molecule has 0 aliphatic carbocycles. The molecule has 1 unspecified atom stereocenters. The van der Waals surface area contributed by atoms with Crippen LogP contribution in [-0.2, 0) is 0 Å². The summed E-state index contributed by atoms with van der Waals surface area (Å²) in [6.45, 7) is 15.6. The van der Waals surface area contributed by atoms with Crippen molar-refractivity contribution in [3.05, 3.63) is 29.3 Å². The molecule has 2 heteroatoms. The molecule has 0 amide bonds. The van der Waals surface area contributed by atoms with Crippen molar-refractivity contribution in [1.29, 1.82) is 0 Å². The Bertz CT molecular complexity index is 418. The average molecular weight is 276 g/mol. The molecule has 1 rings (SSSR count). The second-order valence-corrected chi connectivity index (χ2v) is 7.04. The Morgan fingerprint density at radius 3 is 2.35 bits per heavy atom. The maximum absolute atomic E-state index is 3.70. The van der Waals surface area contributed by atoms with Gasteiger partial charge in [-0.1, -0.05) is 45.4 Å². The standard InChI is InChI=1S/C18H32N2/c1-8-11-19-17(18(4,5)6)13-20(7)16-10-9-14(2)12-15(16)3/h9-10,12,17,19H,8,11,13H2,1-7H3. The molecule has 0 bridgehead atoms. The summed E-state index contributed by atoms with van der Waals surface area (Å²) in [7, 11) is 2.20. The topological polar surface area (TPSA) is 15.3 Å². The zero-order valence-electron chi connectivity index (χ0n) is 14.4. The summed E-state index contributed by atoms with van der Waals surface area (Å²) in [5.74, 6) is 0. The molecule has 0 saturated heterocycles. The van der Waals surface area contributed by atoms with Crippen LogP contribution < -0.4 is 10.2 Å². The van der Waals surface area contributed by atoms with Gasteiger partial charge in [-0.15, -0.1) is 0 Å². The molecule has 0 radical (unpaired) electrons. The fourth-order valence-electron chi connectivity index (χ4n) is 2.57. The molecule has 0 heterocycles. The van der Waals surface area contributed by atoms with Gasteiger partial charge >= 0.3 is 0 Å². The largest absolute Gasteiger partial charge is 0.373 e. The van der Waals surface area contributed by atoms with Crippen LogP contribution in [0.25, 0.3) is 0 Å². The normalized spacial score (nSPS) is 13.3. The van der Waals surface area contributed by atoms with Crippen LogP contribution >= 0.6 is 0 Å². The fraction of sp³-hybridized carbons (Fsp3) is 0.667. The summed E-state index contributed by atoms with van der Waals surface area (Å²) in [5.41, 5.74) is 4.29. The van der Waals surface area contributed by atoms with E-state index in [1.807, 2.05) is 0 Å². The zero-order chi connectivity index (χ0) is 15.3. The van der Waals surface area contributed by atoms with E-state index in [-0.39, 0.29) is 5.41 Å². The lowest BCUT2D eigenvalue weighted by Gasteiger charge is -2.36. The number of likely N-dealkylation sites (N-methyl/N-ethyl adjacent to an activating group) is 1. The summed E-state index contributed by atoms with van der Waals surface area (Å²) in [4.78, 5) is 2.38. The van der Waals surface area contributed by atoms with Crippen LogP contribution in [0.1, 0.15) is 45.2 Å². The first-order valence-electron chi connectivity index (χ1n) is 7.77. The van der Waals surface area contributed by atoms with Gasteiger partial charge in [0.15, 0.2) is 0 Å². The molecule has 1 aromatic carbocycles. The quantitative estimate of drug-likeness (QED) is 0.839. The van der Waals surface area contributed by atoms with Gasteiger partial charge in [0.2, 0.25) is 0 Å². The highest BCUT2D eigenvalue weighted by atomic mass is 15.1. The van der Waals surface area contributed by atoms with E-state index in [2.05, 4.69) is 77.0 Å². The number of nitrogens with zero attached hydrogens (tertiary/aromatic N) is 1. The van der Waals surface area contributed by atoms with E-state index < -0.39 is 0 Å². The van der Waals surface area contributed by atoms with Gasteiger partial charge < -0.3 is 10.2 Å².